The van der Waals surface area contributed by atoms with Gasteiger partial charge in [0, 0.05) is 11.5 Å². The van der Waals surface area contributed by atoms with Gasteiger partial charge in [-0.1, -0.05) is 95.7 Å². The Hall–Kier alpha value is -2.15. The van der Waals surface area contributed by atoms with E-state index in [1.54, 1.807) is 0 Å². The second-order valence-corrected chi connectivity index (χ2v) is 6.90. The predicted octanol–water partition coefficient (Wildman–Crippen LogP) is 7.85. The number of carbonyl (C=O) groups is 1. The van der Waals surface area contributed by atoms with Gasteiger partial charge < -0.3 is 0 Å². The second kappa shape index (κ2) is 11.5. The van der Waals surface area contributed by atoms with Crippen LogP contribution in [0.4, 0.5) is 0 Å². The van der Waals surface area contributed by atoms with E-state index in [1.165, 1.54) is 24.0 Å². The molecule has 1 nitrogen and oxygen atoms in total. The number of hydrogen-bond acceptors (Lipinski definition) is 1. The highest BCUT2D eigenvalue weighted by molar-refractivity contribution is 5.99. The number of Topliss-reactive ketones (excluding diaryl/α,β-unsaturated/α-hetero) is 1. The van der Waals surface area contributed by atoms with Crippen LogP contribution in [0.15, 0.2) is 55.1 Å². The number of ketones is 1. The molecule has 2 aromatic carbocycles. The third-order valence-corrected chi connectivity index (χ3v) is 5.36. The fourth-order valence-corrected chi connectivity index (χ4v) is 3.95. The highest BCUT2D eigenvalue weighted by Crippen LogP contribution is 2.38. The van der Waals surface area contributed by atoms with Crippen molar-refractivity contribution in [2.24, 2.45) is 5.92 Å². The molecule has 0 amide bonds. The average molecular weight is 365 g/mol. The fourth-order valence-electron chi connectivity index (χ4n) is 3.95. The average Bonchev–Trinajstić information content (AvgIpc) is 2.96. The molecule has 1 saturated carbocycles. The molecular formula is C26H36O. The van der Waals surface area contributed by atoms with Gasteiger partial charge >= 0.3 is 0 Å². The van der Waals surface area contributed by atoms with Crippen LogP contribution >= 0.6 is 0 Å². The van der Waals surface area contributed by atoms with Crippen molar-refractivity contribution in [2.45, 2.75) is 66.2 Å². The largest absolute Gasteiger partial charge is 0.294 e. The van der Waals surface area contributed by atoms with Crippen LogP contribution in [0.2, 0.25) is 0 Å². The van der Waals surface area contributed by atoms with Crippen molar-refractivity contribution in [1.82, 2.24) is 0 Å². The molecule has 0 saturated heterocycles. The number of carbonyl (C=O) groups excluding carboxylic acids is 1. The first-order valence-corrected chi connectivity index (χ1v) is 10.0. The van der Waals surface area contributed by atoms with Crippen molar-refractivity contribution in [3.8, 4) is 0 Å². The Morgan fingerprint density at radius 2 is 1.67 bits per heavy atom. The Labute approximate surface area is 166 Å². The summed E-state index contributed by atoms with van der Waals surface area (Å²) in [6.07, 6.45) is 7.55. The van der Waals surface area contributed by atoms with Gasteiger partial charge in [0.25, 0.3) is 0 Å². The fraction of sp³-hybridized carbons (Fsp3) is 0.423. The monoisotopic (exact) mass is 364 g/mol. The lowest BCUT2D eigenvalue weighted by molar-refractivity contribution is 0.0892. The summed E-state index contributed by atoms with van der Waals surface area (Å²) in [5, 5.41) is 0. The third kappa shape index (κ3) is 5.66. The maximum Gasteiger partial charge on any atom is 0.166 e. The smallest absolute Gasteiger partial charge is 0.166 e. The van der Waals surface area contributed by atoms with E-state index in [9.17, 15) is 4.79 Å². The molecule has 0 spiro atoms. The number of rotatable bonds is 4. The van der Waals surface area contributed by atoms with Crippen LogP contribution in [0.3, 0.4) is 0 Å². The second-order valence-electron chi connectivity index (χ2n) is 6.90. The van der Waals surface area contributed by atoms with E-state index in [2.05, 4.69) is 37.8 Å². The van der Waals surface area contributed by atoms with Crippen LogP contribution in [-0.2, 0) is 0 Å². The van der Waals surface area contributed by atoms with E-state index < -0.39 is 0 Å². The Balaban J connectivity index is 0.00000118. The number of aryl methyl sites for hydroxylation is 1. The first-order valence-electron chi connectivity index (χ1n) is 10.0. The van der Waals surface area contributed by atoms with Gasteiger partial charge in [0.15, 0.2) is 5.78 Å². The molecule has 1 aliphatic rings. The van der Waals surface area contributed by atoms with Crippen LogP contribution in [-0.4, -0.2) is 5.78 Å². The first-order chi connectivity index (χ1) is 12.7. The lowest BCUT2D eigenvalue weighted by atomic mass is 9.78. The van der Waals surface area contributed by atoms with Gasteiger partial charge in [-0.05, 0) is 48.4 Å². The van der Waals surface area contributed by atoms with Crippen LogP contribution < -0.4 is 0 Å². The molecule has 0 radical (unpaired) electrons. The normalized spacial score (nSPS) is 18.9. The van der Waals surface area contributed by atoms with E-state index in [-0.39, 0.29) is 13.3 Å². The molecule has 1 fully saturated rings. The van der Waals surface area contributed by atoms with E-state index >= 15 is 0 Å². The Morgan fingerprint density at radius 3 is 2.33 bits per heavy atom. The highest BCUT2D eigenvalue weighted by Gasteiger charge is 2.31. The Morgan fingerprint density at radius 1 is 1.00 bits per heavy atom. The zero-order valence-electron chi connectivity index (χ0n) is 16.5. The lowest BCUT2D eigenvalue weighted by Gasteiger charge is -2.25. The van der Waals surface area contributed by atoms with E-state index in [4.69, 9.17) is 0 Å². The summed E-state index contributed by atoms with van der Waals surface area (Å²) in [7, 11) is 0. The summed E-state index contributed by atoms with van der Waals surface area (Å²) in [6, 6.07) is 16.6. The minimum Gasteiger partial charge on any atom is -0.294 e. The Bertz CT molecular complexity index is 714. The maximum atomic E-state index is 13.3. The van der Waals surface area contributed by atoms with Crippen LogP contribution in [0.25, 0.3) is 6.08 Å². The van der Waals surface area contributed by atoms with Crippen molar-refractivity contribution in [1.29, 1.82) is 0 Å². The summed E-state index contributed by atoms with van der Waals surface area (Å²) in [5.41, 5.74) is 4.38. The summed E-state index contributed by atoms with van der Waals surface area (Å²) >= 11 is 0. The van der Waals surface area contributed by atoms with Crippen LogP contribution in [0.1, 0.15) is 86.3 Å². The summed E-state index contributed by atoms with van der Waals surface area (Å²) < 4.78 is 0. The zero-order valence-corrected chi connectivity index (χ0v) is 16.5. The zero-order chi connectivity index (χ0) is 18.9. The van der Waals surface area contributed by atoms with Gasteiger partial charge in [-0.2, -0.15) is 0 Å². The molecule has 2 atom stereocenters. The predicted molar refractivity (Wildman–Crippen MR) is 119 cm³/mol. The molecule has 1 heteroatoms. The first kappa shape index (κ1) is 22.9. The third-order valence-electron chi connectivity index (χ3n) is 5.36. The molecule has 2 unspecified atom stereocenters. The Kier molecular flexibility index (Phi) is 9.78. The molecule has 3 rings (SSSR count). The van der Waals surface area contributed by atoms with E-state index in [1.807, 2.05) is 44.2 Å². The lowest BCUT2D eigenvalue weighted by Crippen LogP contribution is -2.22. The standard InChI is InChI=1S/C23H26O.C2H6.CH4/c1-3-18-16-20(15-14-17(18)2)23(24)22-13-9-5-8-12-21(22)19-10-6-4-7-11-19;1-2;/h3-4,6-7,10-11,14-16,21-22H,1,5,8-9,12-13H2,2H3;1-2H3;1H4. The number of benzene rings is 2. The minimum atomic E-state index is 0. The summed E-state index contributed by atoms with van der Waals surface area (Å²) in [6.45, 7) is 9.93. The molecule has 2 aromatic rings. The molecule has 0 heterocycles. The van der Waals surface area contributed by atoms with Gasteiger partial charge in [-0.3, -0.25) is 4.79 Å². The van der Waals surface area contributed by atoms with Gasteiger partial charge in [0.2, 0.25) is 0 Å². The molecule has 1 aliphatic carbocycles. The molecule has 0 bridgehead atoms. The van der Waals surface area contributed by atoms with Gasteiger partial charge in [-0.25, -0.2) is 0 Å². The van der Waals surface area contributed by atoms with Crippen molar-refractivity contribution in [2.75, 3.05) is 0 Å². The van der Waals surface area contributed by atoms with Gasteiger partial charge in [0.1, 0.15) is 0 Å². The van der Waals surface area contributed by atoms with Crippen molar-refractivity contribution < 1.29 is 4.79 Å². The van der Waals surface area contributed by atoms with Gasteiger partial charge in [-0.15, -0.1) is 0 Å². The molecular weight excluding hydrogens is 328 g/mol. The molecule has 0 N–H and O–H groups in total. The SMILES string of the molecule is C.C=Cc1cc(C(=O)C2CCCCCC2c2ccccc2)ccc1C.CC. The van der Waals surface area contributed by atoms with Crippen molar-refractivity contribution in [3.63, 3.8) is 0 Å². The van der Waals surface area contributed by atoms with E-state index in [0.717, 1.165) is 30.4 Å². The topological polar surface area (TPSA) is 17.1 Å². The van der Waals surface area contributed by atoms with Gasteiger partial charge in [0.05, 0.1) is 0 Å². The molecule has 146 valence electrons. The van der Waals surface area contributed by atoms with Crippen molar-refractivity contribution >= 4 is 11.9 Å². The summed E-state index contributed by atoms with van der Waals surface area (Å²) in [4.78, 5) is 13.3. The molecule has 27 heavy (non-hydrogen) atoms. The van der Waals surface area contributed by atoms with Crippen LogP contribution in [0, 0.1) is 12.8 Å². The molecule has 0 aliphatic heterocycles. The molecule has 0 aromatic heterocycles. The quantitative estimate of drug-likeness (QED) is 0.399. The van der Waals surface area contributed by atoms with Crippen molar-refractivity contribution in [3.05, 3.63) is 77.4 Å². The minimum absolute atomic E-state index is 0. The number of hydrogen-bond donors (Lipinski definition) is 0. The highest BCUT2D eigenvalue weighted by atomic mass is 16.1. The van der Waals surface area contributed by atoms with E-state index in [0.29, 0.717) is 11.7 Å². The summed E-state index contributed by atoms with van der Waals surface area (Å²) in [5.74, 6) is 0.735. The van der Waals surface area contributed by atoms with Crippen LogP contribution in [0.5, 0.6) is 0 Å². The maximum absolute atomic E-state index is 13.3.